The smallest absolute Gasteiger partial charge is 0.229 e. The van der Waals surface area contributed by atoms with Gasteiger partial charge in [0.2, 0.25) is 11.8 Å². The quantitative estimate of drug-likeness (QED) is 0.419. The number of nitrogens with zero attached hydrogens (tertiary/aromatic N) is 3. The van der Waals surface area contributed by atoms with E-state index in [1.165, 1.54) is 0 Å². The summed E-state index contributed by atoms with van der Waals surface area (Å²) >= 11 is 0. The van der Waals surface area contributed by atoms with Crippen LogP contribution in [0.25, 0.3) is 33.3 Å². The molecule has 2 aliphatic rings. The molecule has 0 saturated heterocycles. The van der Waals surface area contributed by atoms with Crippen LogP contribution in [-0.4, -0.2) is 47.2 Å². The van der Waals surface area contributed by atoms with Crippen molar-refractivity contribution < 1.29 is 18.7 Å². The molecule has 9 nitrogen and oxygen atoms in total. The van der Waals surface area contributed by atoms with Gasteiger partial charge in [-0.25, -0.2) is 15.0 Å². The SMILES string of the molecule is CNc1ncc(-c2nc3cc(OC4CC(OC)C4)ccc3o2)c2cc(NC(=O)C3CC3)ncc12. The van der Waals surface area contributed by atoms with E-state index in [1.807, 2.05) is 31.3 Å². The largest absolute Gasteiger partial charge is 0.490 e. The van der Waals surface area contributed by atoms with Crippen molar-refractivity contribution in [2.24, 2.45) is 5.92 Å². The molecule has 4 aromatic rings. The molecule has 0 bridgehead atoms. The molecule has 2 fully saturated rings. The summed E-state index contributed by atoms with van der Waals surface area (Å²) in [6, 6.07) is 7.50. The summed E-state index contributed by atoms with van der Waals surface area (Å²) in [6.45, 7) is 0. The number of anilines is 2. The average molecular weight is 460 g/mol. The van der Waals surface area contributed by atoms with Crippen molar-refractivity contribution in [3.63, 3.8) is 0 Å². The van der Waals surface area contributed by atoms with Gasteiger partial charge in [0.25, 0.3) is 0 Å². The Balaban J connectivity index is 1.34. The second-order valence-electron chi connectivity index (χ2n) is 8.87. The molecule has 34 heavy (non-hydrogen) atoms. The van der Waals surface area contributed by atoms with Gasteiger partial charge in [0, 0.05) is 62.1 Å². The molecule has 9 heteroatoms. The van der Waals surface area contributed by atoms with Crippen LogP contribution in [0.5, 0.6) is 5.75 Å². The summed E-state index contributed by atoms with van der Waals surface area (Å²) in [4.78, 5) is 25.9. The van der Waals surface area contributed by atoms with Gasteiger partial charge >= 0.3 is 0 Å². The molecule has 0 atom stereocenters. The van der Waals surface area contributed by atoms with E-state index in [2.05, 4.69) is 20.6 Å². The van der Waals surface area contributed by atoms with Crippen LogP contribution in [0.3, 0.4) is 0 Å². The summed E-state index contributed by atoms with van der Waals surface area (Å²) in [6.07, 6.45) is 7.52. The molecule has 0 unspecified atom stereocenters. The lowest BCUT2D eigenvalue weighted by atomic mass is 9.92. The molecule has 174 valence electrons. The highest BCUT2D eigenvalue weighted by Crippen LogP contribution is 2.36. The fourth-order valence-electron chi connectivity index (χ4n) is 4.24. The molecule has 2 saturated carbocycles. The molecule has 6 rings (SSSR count). The number of amides is 1. The van der Waals surface area contributed by atoms with E-state index in [-0.39, 0.29) is 24.0 Å². The van der Waals surface area contributed by atoms with Crippen LogP contribution < -0.4 is 15.4 Å². The van der Waals surface area contributed by atoms with Gasteiger partial charge in [0.1, 0.15) is 29.0 Å². The molecule has 1 aromatic carbocycles. The molecule has 1 amide bonds. The van der Waals surface area contributed by atoms with Gasteiger partial charge in [-0.3, -0.25) is 4.79 Å². The number of pyridine rings is 2. The van der Waals surface area contributed by atoms with Crippen LogP contribution in [0.1, 0.15) is 25.7 Å². The summed E-state index contributed by atoms with van der Waals surface area (Å²) in [5, 5.41) is 7.66. The molecule has 0 aliphatic heterocycles. The topological polar surface area (TPSA) is 111 Å². The van der Waals surface area contributed by atoms with Gasteiger partial charge in [-0.2, -0.15) is 0 Å². The minimum atomic E-state index is 0.00831. The van der Waals surface area contributed by atoms with Crippen LogP contribution in [0.4, 0.5) is 11.6 Å². The van der Waals surface area contributed by atoms with Crippen molar-refractivity contribution in [3.05, 3.63) is 36.7 Å². The van der Waals surface area contributed by atoms with E-state index >= 15 is 0 Å². The average Bonchev–Trinajstić information content (AvgIpc) is 3.59. The molecule has 2 N–H and O–H groups in total. The number of oxazole rings is 1. The highest BCUT2D eigenvalue weighted by atomic mass is 16.5. The molecule has 0 spiro atoms. The van der Waals surface area contributed by atoms with E-state index < -0.39 is 0 Å². The molecule has 2 aliphatic carbocycles. The normalized spacial score (nSPS) is 19.7. The number of carbonyl (C=O) groups excluding carboxylic acids is 1. The van der Waals surface area contributed by atoms with Crippen molar-refractivity contribution in [3.8, 4) is 17.2 Å². The summed E-state index contributed by atoms with van der Waals surface area (Å²) in [7, 11) is 3.54. The van der Waals surface area contributed by atoms with Crippen LogP contribution in [0, 0.1) is 5.92 Å². The molecule has 3 aromatic heterocycles. The number of ether oxygens (including phenoxy) is 2. The Labute approximate surface area is 195 Å². The first kappa shape index (κ1) is 20.9. The van der Waals surface area contributed by atoms with Crippen LogP contribution in [-0.2, 0) is 9.53 Å². The van der Waals surface area contributed by atoms with Gasteiger partial charge in [-0.15, -0.1) is 0 Å². The Bertz CT molecular complexity index is 1390. The number of carbonyl (C=O) groups is 1. The van der Waals surface area contributed by atoms with Crippen molar-refractivity contribution >= 4 is 39.4 Å². The maximum absolute atomic E-state index is 12.3. The zero-order valence-electron chi connectivity index (χ0n) is 19.0. The third kappa shape index (κ3) is 3.81. The van der Waals surface area contributed by atoms with Crippen LogP contribution in [0.15, 0.2) is 41.1 Å². The fraction of sp³-hybridized carbons (Fsp3) is 0.360. The number of hydrogen-bond acceptors (Lipinski definition) is 8. The van der Waals surface area contributed by atoms with E-state index in [1.54, 1.807) is 19.5 Å². The third-order valence-corrected chi connectivity index (χ3v) is 6.49. The van der Waals surface area contributed by atoms with Crippen molar-refractivity contribution in [1.82, 2.24) is 15.0 Å². The first-order valence-electron chi connectivity index (χ1n) is 11.5. The molecular formula is C25H25N5O4. The number of nitrogens with one attached hydrogen (secondary N) is 2. The lowest BCUT2D eigenvalue weighted by Crippen LogP contribution is -2.38. The third-order valence-electron chi connectivity index (χ3n) is 6.49. The summed E-state index contributed by atoms with van der Waals surface area (Å²) in [5.41, 5.74) is 2.09. The predicted molar refractivity (Wildman–Crippen MR) is 128 cm³/mol. The van der Waals surface area contributed by atoms with E-state index in [0.29, 0.717) is 28.6 Å². The minimum absolute atomic E-state index is 0.00831. The minimum Gasteiger partial charge on any atom is -0.490 e. The summed E-state index contributed by atoms with van der Waals surface area (Å²) < 4.78 is 17.5. The lowest BCUT2D eigenvalue weighted by molar-refractivity contribution is -0.117. The number of benzene rings is 1. The second-order valence-corrected chi connectivity index (χ2v) is 8.87. The maximum Gasteiger partial charge on any atom is 0.229 e. The van der Waals surface area contributed by atoms with Crippen LogP contribution in [0.2, 0.25) is 0 Å². The maximum atomic E-state index is 12.3. The van der Waals surface area contributed by atoms with Gasteiger partial charge in [-0.1, -0.05) is 0 Å². The lowest BCUT2D eigenvalue weighted by Gasteiger charge is -2.34. The number of methoxy groups -OCH3 is 1. The molecule has 3 heterocycles. The second kappa shape index (κ2) is 8.25. The Morgan fingerprint density at radius 3 is 2.71 bits per heavy atom. The Morgan fingerprint density at radius 2 is 1.94 bits per heavy atom. The Hall–Kier alpha value is -3.72. The van der Waals surface area contributed by atoms with Crippen molar-refractivity contribution in [2.75, 3.05) is 24.8 Å². The fourth-order valence-corrected chi connectivity index (χ4v) is 4.24. The number of hydrogen-bond donors (Lipinski definition) is 2. The van der Waals surface area contributed by atoms with Gasteiger partial charge < -0.3 is 24.5 Å². The zero-order chi connectivity index (χ0) is 23.2. The zero-order valence-corrected chi connectivity index (χ0v) is 19.0. The van der Waals surface area contributed by atoms with E-state index in [9.17, 15) is 4.79 Å². The van der Waals surface area contributed by atoms with Gasteiger partial charge in [0.05, 0.1) is 11.7 Å². The molecule has 0 radical (unpaired) electrons. The highest BCUT2D eigenvalue weighted by Gasteiger charge is 2.31. The number of aromatic nitrogens is 3. The standard InChI is InChI=1S/C25H25N5O4/c1-26-23-18-11-27-22(30-24(31)13-3-4-13)10-17(18)19(12-28-23)25-29-20-9-14(5-6-21(20)34-25)33-16-7-15(8-16)32-2/h5-6,9-13,15-16H,3-4,7-8H2,1-2H3,(H,26,28)(H,27,30,31). The van der Waals surface area contributed by atoms with Crippen molar-refractivity contribution in [1.29, 1.82) is 0 Å². The number of fused-ring (bicyclic) bond motifs is 2. The van der Waals surface area contributed by atoms with Gasteiger partial charge in [0.15, 0.2) is 5.58 Å². The van der Waals surface area contributed by atoms with Crippen molar-refractivity contribution in [2.45, 2.75) is 37.9 Å². The van der Waals surface area contributed by atoms with E-state index in [4.69, 9.17) is 18.9 Å². The summed E-state index contributed by atoms with van der Waals surface area (Å²) in [5.74, 6) is 2.49. The Morgan fingerprint density at radius 1 is 1.09 bits per heavy atom. The van der Waals surface area contributed by atoms with E-state index in [0.717, 1.165) is 47.8 Å². The Kier molecular flexibility index (Phi) is 5.06. The predicted octanol–water partition coefficient (Wildman–Crippen LogP) is 4.38. The first-order valence-corrected chi connectivity index (χ1v) is 11.5. The first-order chi connectivity index (χ1) is 16.6. The van der Waals surface area contributed by atoms with Crippen LogP contribution >= 0.6 is 0 Å². The highest BCUT2D eigenvalue weighted by molar-refractivity contribution is 6.03. The molecular weight excluding hydrogens is 434 g/mol. The van der Waals surface area contributed by atoms with Gasteiger partial charge in [-0.05, 0) is 31.0 Å². The number of rotatable bonds is 7. The monoisotopic (exact) mass is 459 g/mol.